The Labute approximate surface area is 102 Å². The van der Waals surface area contributed by atoms with Gasteiger partial charge in [-0.15, -0.1) is 0 Å². The molecule has 3 heteroatoms. The first-order valence-electron chi connectivity index (χ1n) is 5.57. The van der Waals surface area contributed by atoms with E-state index in [0.717, 1.165) is 17.7 Å². The normalized spacial score (nSPS) is 10.4. The van der Waals surface area contributed by atoms with Gasteiger partial charge in [-0.05, 0) is 30.5 Å². The number of hydrogen-bond acceptors (Lipinski definition) is 3. The first-order valence-corrected chi connectivity index (χ1v) is 5.57. The van der Waals surface area contributed by atoms with Crippen molar-refractivity contribution in [1.29, 1.82) is 10.5 Å². The summed E-state index contributed by atoms with van der Waals surface area (Å²) < 4.78 is 5.26. The minimum absolute atomic E-state index is 0.386. The van der Waals surface area contributed by atoms with E-state index in [2.05, 4.69) is 6.92 Å². The largest absolute Gasteiger partial charge is 0.496 e. The summed E-state index contributed by atoms with van der Waals surface area (Å²) in [5.41, 5.74) is 1.09. The molecule has 17 heavy (non-hydrogen) atoms. The van der Waals surface area contributed by atoms with Gasteiger partial charge in [-0.1, -0.05) is 19.1 Å². The van der Waals surface area contributed by atoms with Gasteiger partial charge in [0.15, 0.2) is 0 Å². The van der Waals surface area contributed by atoms with Crippen molar-refractivity contribution in [2.24, 2.45) is 5.41 Å². The Morgan fingerprint density at radius 1 is 1.29 bits per heavy atom. The molecule has 1 aromatic carbocycles. The van der Waals surface area contributed by atoms with Gasteiger partial charge in [-0.25, -0.2) is 0 Å². The van der Waals surface area contributed by atoms with E-state index in [1.165, 1.54) is 5.56 Å². The molecule has 0 unspecified atom stereocenters. The molecule has 0 amide bonds. The van der Waals surface area contributed by atoms with Crippen LogP contribution in [0.25, 0.3) is 0 Å². The number of methoxy groups -OCH3 is 1. The van der Waals surface area contributed by atoms with Crippen molar-refractivity contribution in [3.05, 3.63) is 29.3 Å². The highest BCUT2D eigenvalue weighted by Crippen LogP contribution is 2.28. The molecule has 0 spiro atoms. The lowest BCUT2D eigenvalue weighted by molar-refractivity contribution is 0.404. The first-order chi connectivity index (χ1) is 8.08. The van der Waals surface area contributed by atoms with E-state index in [0.29, 0.717) is 6.42 Å². The molecule has 0 aliphatic carbocycles. The van der Waals surface area contributed by atoms with Crippen molar-refractivity contribution < 1.29 is 4.74 Å². The Kier molecular flexibility index (Phi) is 4.12. The summed E-state index contributed by atoms with van der Waals surface area (Å²) in [6.07, 6.45) is 1.31. The molecule has 88 valence electrons. The van der Waals surface area contributed by atoms with Gasteiger partial charge in [0, 0.05) is 6.42 Å². The van der Waals surface area contributed by atoms with Gasteiger partial charge in [0.25, 0.3) is 0 Å². The fraction of sp³-hybridized carbons (Fsp3) is 0.429. The van der Waals surface area contributed by atoms with Gasteiger partial charge in [0.05, 0.1) is 19.2 Å². The second-order valence-electron chi connectivity index (χ2n) is 4.23. The Hall–Kier alpha value is -2.00. The van der Waals surface area contributed by atoms with E-state index >= 15 is 0 Å². The van der Waals surface area contributed by atoms with Crippen molar-refractivity contribution in [3.8, 4) is 17.9 Å². The number of hydrogen-bond donors (Lipinski definition) is 0. The topological polar surface area (TPSA) is 56.8 Å². The van der Waals surface area contributed by atoms with Crippen LogP contribution < -0.4 is 4.74 Å². The van der Waals surface area contributed by atoms with E-state index < -0.39 is 5.41 Å². The van der Waals surface area contributed by atoms with E-state index in [1.54, 1.807) is 14.0 Å². The predicted octanol–water partition coefficient (Wildman–Crippen LogP) is 2.85. The fourth-order valence-electron chi connectivity index (χ4n) is 1.67. The zero-order valence-electron chi connectivity index (χ0n) is 10.4. The molecule has 0 fully saturated rings. The van der Waals surface area contributed by atoms with Gasteiger partial charge in [-0.2, -0.15) is 10.5 Å². The Bertz CT molecular complexity index is 466. The summed E-state index contributed by atoms with van der Waals surface area (Å²) in [5, 5.41) is 18.0. The van der Waals surface area contributed by atoms with Gasteiger partial charge in [-0.3, -0.25) is 0 Å². The monoisotopic (exact) mass is 228 g/mol. The van der Waals surface area contributed by atoms with Gasteiger partial charge < -0.3 is 4.74 Å². The summed E-state index contributed by atoms with van der Waals surface area (Å²) >= 11 is 0. The highest BCUT2D eigenvalue weighted by Gasteiger charge is 2.25. The molecule has 0 radical (unpaired) electrons. The third-order valence-electron chi connectivity index (χ3n) is 2.79. The van der Waals surface area contributed by atoms with Crippen molar-refractivity contribution in [3.63, 3.8) is 0 Å². The van der Waals surface area contributed by atoms with Crippen LogP contribution in [0, 0.1) is 28.1 Å². The summed E-state index contributed by atoms with van der Waals surface area (Å²) in [6, 6.07) is 9.99. The molecule has 0 aliphatic rings. The van der Waals surface area contributed by atoms with E-state index in [9.17, 15) is 0 Å². The number of nitriles is 2. The molecule has 1 aromatic rings. The average molecular weight is 228 g/mol. The summed E-state index contributed by atoms with van der Waals surface area (Å²) in [6.45, 7) is 3.71. The summed E-state index contributed by atoms with van der Waals surface area (Å²) in [4.78, 5) is 0. The molecule has 0 atom stereocenters. The SMILES string of the molecule is CCc1ccc(OC)c(CC(C)(C#N)C#N)c1. The van der Waals surface area contributed by atoms with Crippen LogP contribution in [0.3, 0.4) is 0 Å². The number of benzene rings is 1. The molecule has 0 bridgehead atoms. The third kappa shape index (κ3) is 2.98. The van der Waals surface area contributed by atoms with E-state index in [-0.39, 0.29) is 0 Å². The maximum absolute atomic E-state index is 9.02. The molecule has 1 rings (SSSR count). The fourth-order valence-corrected chi connectivity index (χ4v) is 1.67. The quantitative estimate of drug-likeness (QED) is 0.796. The van der Waals surface area contributed by atoms with Crippen molar-refractivity contribution in [2.75, 3.05) is 7.11 Å². The Balaban J connectivity index is 3.13. The standard InChI is InChI=1S/C14H16N2O/c1-4-11-5-6-13(17-3)12(7-11)8-14(2,9-15)10-16/h5-7H,4,8H2,1-3H3. The van der Waals surface area contributed by atoms with Gasteiger partial charge in [0.1, 0.15) is 11.2 Å². The zero-order valence-corrected chi connectivity index (χ0v) is 10.4. The summed E-state index contributed by atoms with van der Waals surface area (Å²) in [5.74, 6) is 0.735. The van der Waals surface area contributed by atoms with Crippen LogP contribution in [0.2, 0.25) is 0 Å². The van der Waals surface area contributed by atoms with Crippen LogP contribution in [0.5, 0.6) is 5.75 Å². The van der Waals surface area contributed by atoms with Crippen LogP contribution in [-0.2, 0) is 12.8 Å². The maximum atomic E-state index is 9.02. The minimum Gasteiger partial charge on any atom is -0.496 e. The van der Waals surface area contributed by atoms with Crippen LogP contribution in [0.4, 0.5) is 0 Å². The molecule has 0 N–H and O–H groups in total. The average Bonchev–Trinajstić information content (AvgIpc) is 2.38. The lowest BCUT2D eigenvalue weighted by Gasteiger charge is -2.15. The second-order valence-corrected chi connectivity index (χ2v) is 4.23. The maximum Gasteiger partial charge on any atom is 0.145 e. The van der Waals surface area contributed by atoms with Crippen molar-refractivity contribution >= 4 is 0 Å². The molecule has 3 nitrogen and oxygen atoms in total. The predicted molar refractivity (Wildman–Crippen MR) is 65.4 cm³/mol. The molecule has 0 aliphatic heterocycles. The van der Waals surface area contributed by atoms with Gasteiger partial charge >= 0.3 is 0 Å². The molecule has 0 heterocycles. The third-order valence-corrected chi connectivity index (χ3v) is 2.79. The van der Waals surface area contributed by atoms with E-state index in [4.69, 9.17) is 15.3 Å². The summed E-state index contributed by atoms with van der Waals surface area (Å²) in [7, 11) is 1.60. The minimum atomic E-state index is -1.00. The van der Waals surface area contributed by atoms with Gasteiger partial charge in [0.2, 0.25) is 0 Å². The van der Waals surface area contributed by atoms with Crippen LogP contribution >= 0.6 is 0 Å². The smallest absolute Gasteiger partial charge is 0.145 e. The van der Waals surface area contributed by atoms with Crippen LogP contribution in [-0.4, -0.2) is 7.11 Å². The van der Waals surface area contributed by atoms with Crippen LogP contribution in [0.15, 0.2) is 18.2 Å². The van der Waals surface area contributed by atoms with Crippen LogP contribution in [0.1, 0.15) is 25.0 Å². The number of aryl methyl sites for hydroxylation is 1. The highest BCUT2D eigenvalue weighted by atomic mass is 16.5. The Morgan fingerprint density at radius 3 is 2.41 bits per heavy atom. The van der Waals surface area contributed by atoms with E-state index in [1.807, 2.05) is 30.3 Å². The lowest BCUT2D eigenvalue weighted by Crippen LogP contribution is -2.15. The Morgan fingerprint density at radius 2 is 1.94 bits per heavy atom. The molecule has 0 saturated heterocycles. The molecular formula is C14H16N2O. The van der Waals surface area contributed by atoms with Crippen molar-refractivity contribution in [1.82, 2.24) is 0 Å². The first kappa shape index (κ1) is 13.1. The second kappa shape index (κ2) is 5.37. The van der Waals surface area contributed by atoms with Crippen molar-refractivity contribution in [2.45, 2.75) is 26.7 Å². The number of nitrogens with zero attached hydrogens (tertiary/aromatic N) is 2. The number of ether oxygens (including phenoxy) is 1. The highest BCUT2D eigenvalue weighted by molar-refractivity contribution is 5.39. The number of rotatable bonds is 4. The molecule has 0 saturated carbocycles. The lowest BCUT2D eigenvalue weighted by atomic mass is 9.86. The molecular weight excluding hydrogens is 212 g/mol. The molecule has 0 aromatic heterocycles. The zero-order chi connectivity index (χ0) is 12.9.